The van der Waals surface area contributed by atoms with E-state index < -0.39 is 5.97 Å². The van der Waals surface area contributed by atoms with E-state index in [0.717, 1.165) is 14.9 Å². The molecule has 0 fully saturated rings. The second-order valence-electron chi connectivity index (χ2n) is 3.85. The number of rotatable bonds is 4. The molecule has 0 heterocycles. The average molecular weight is 341 g/mol. The van der Waals surface area contributed by atoms with Crippen LogP contribution in [-0.4, -0.2) is 11.1 Å². The Bertz CT molecular complexity index is 599. The number of hydrogen-bond acceptors (Lipinski definition) is 2. The van der Waals surface area contributed by atoms with Crippen molar-refractivity contribution < 1.29 is 14.3 Å². The van der Waals surface area contributed by atoms with E-state index in [1.165, 1.54) is 23.9 Å². The predicted molar refractivity (Wildman–Crippen MR) is 77.1 cm³/mol. The highest BCUT2D eigenvalue weighted by atomic mass is 79.9. The molecular weight excluding hydrogens is 331 g/mol. The summed E-state index contributed by atoms with van der Waals surface area (Å²) in [5.74, 6) is -0.588. The molecule has 0 aliphatic heterocycles. The zero-order valence-electron chi connectivity index (χ0n) is 9.77. The number of hydrogen-bond donors (Lipinski definition) is 1. The summed E-state index contributed by atoms with van der Waals surface area (Å²) in [5.41, 5.74) is 1.13. The molecule has 98 valence electrons. The van der Waals surface area contributed by atoms with Crippen LogP contribution in [0.4, 0.5) is 4.39 Å². The number of carboxylic acids is 1. The molecule has 0 atom stereocenters. The van der Waals surface area contributed by atoms with Gasteiger partial charge in [0.2, 0.25) is 0 Å². The number of benzene rings is 2. The molecule has 0 amide bonds. The topological polar surface area (TPSA) is 37.3 Å². The number of halogens is 2. The maximum Gasteiger partial charge on any atom is 0.335 e. The van der Waals surface area contributed by atoms with Crippen molar-refractivity contribution in [1.82, 2.24) is 0 Å². The Hall–Kier alpha value is -1.33. The van der Waals surface area contributed by atoms with E-state index in [1.54, 1.807) is 30.3 Å². The largest absolute Gasteiger partial charge is 0.478 e. The first-order valence-corrected chi connectivity index (χ1v) is 7.24. The summed E-state index contributed by atoms with van der Waals surface area (Å²) in [6.07, 6.45) is 0. The highest BCUT2D eigenvalue weighted by Crippen LogP contribution is 2.27. The molecule has 1 N–H and O–H groups in total. The van der Waals surface area contributed by atoms with E-state index in [2.05, 4.69) is 15.9 Å². The van der Waals surface area contributed by atoms with Crippen molar-refractivity contribution >= 4 is 33.7 Å². The van der Waals surface area contributed by atoms with Crippen LogP contribution in [0.3, 0.4) is 0 Å². The first-order valence-electron chi connectivity index (χ1n) is 5.46. The standard InChI is InChI=1S/C14H10BrFO2S/c15-13-6-3-11(16)7-10(13)8-19-12-4-1-9(2-5-12)14(17)18/h1-7H,8H2,(H,17,18). The van der Waals surface area contributed by atoms with E-state index in [0.29, 0.717) is 5.75 Å². The van der Waals surface area contributed by atoms with Gasteiger partial charge in [-0.05, 0) is 48.0 Å². The van der Waals surface area contributed by atoms with Gasteiger partial charge in [0.15, 0.2) is 0 Å². The van der Waals surface area contributed by atoms with Crippen molar-refractivity contribution in [2.45, 2.75) is 10.6 Å². The molecule has 0 saturated carbocycles. The molecule has 5 heteroatoms. The molecule has 2 aromatic rings. The fourth-order valence-corrected chi connectivity index (χ4v) is 2.97. The average Bonchev–Trinajstić information content (AvgIpc) is 2.40. The fourth-order valence-electron chi connectivity index (χ4n) is 1.51. The lowest BCUT2D eigenvalue weighted by atomic mass is 10.2. The Balaban J connectivity index is 2.06. The van der Waals surface area contributed by atoms with Crippen LogP contribution in [0.1, 0.15) is 15.9 Å². The molecule has 0 aliphatic rings. The van der Waals surface area contributed by atoms with Gasteiger partial charge in [0.25, 0.3) is 0 Å². The van der Waals surface area contributed by atoms with Crippen LogP contribution in [-0.2, 0) is 5.75 Å². The van der Waals surface area contributed by atoms with E-state index in [4.69, 9.17) is 5.11 Å². The van der Waals surface area contributed by atoms with Crippen LogP contribution in [0.2, 0.25) is 0 Å². The zero-order valence-corrected chi connectivity index (χ0v) is 12.2. The number of carboxylic acid groups (broad SMARTS) is 1. The minimum absolute atomic E-state index is 0.260. The van der Waals surface area contributed by atoms with E-state index in [-0.39, 0.29) is 11.4 Å². The Morgan fingerprint density at radius 2 is 1.89 bits per heavy atom. The Morgan fingerprint density at radius 1 is 1.21 bits per heavy atom. The van der Waals surface area contributed by atoms with Crippen molar-refractivity contribution in [2.75, 3.05) is 0 Å². The quantitative estimate of drug-likeness (QED) is 0.827. The van der Waals surface area contributed by atoms with Crippen LogP contribution in [0, 0.1) is 5.82 Å². The summed E-state index contributed by atoms with van der Waals surface area (Å²) in [6.45, 7) is 0. The first-order chi connectivity index (χ1) is 9.06. The molecule has 0 bridgehead atoms. The monoisotopic (exact) mass is 340 g/mol. The lowest BCUT2D eigenvalue weighted by Gasteiger charge is -2.05. The third kappa shape index (κ3) is 3.81. The van der Waals surface area contributed by atoms with E-state index in [9.17, 15) is 9.18 Å². The number of aromatic carboxylic acids is 1. The highest BCUT2D eigenvalue weighted by molar-refractivity contribution is 9.10. The lowest BCUT2D eigenvalue weighted by Crippen LogP contribution is -1.94. The first kappa shape index (κ1) is 14.1. The van der Waals surface area contributed by atoms with Crippen LogP contribution < -0.4 is 0 Å². The molecule has 2 rings (SSSR count). The van der Waals surface area contributed by atoms with Crippen molar-refractivity contribution in [3.63, 3.8) is 0 Å². The van der Waals surface area contributed by atoms with Gasteiger partial charge >= 0.3 is 5.97 Å². The Kier molecular flexibility index (Phi) is 4.61. The Morgan fingerprint density at radius 3 is 2.53 bits per heavy atom. The lowest BCUT2D eigenvalue weighted by molar-refractivity contribution is 0.0697. The van der Waals surface area contributed by atoms with Crippen LogP contribution >= 0.6 is 27.7 Å². The zero-order chi connectivity index (χ0) is 13.8. The molecule has 0 saturated heterocycles. The molecule has 19 heavy (non-hydrogen) atoms. The summed E-state index contributed by atoms with van der Waals surface area (Å²) in [5, 5.41) is 8.80. The smallest absolute Gasteiger partial charge is 0.335 e. The van der Waals surface area contributed by atoms with Gasteiger partial charge in [-0.3, -0.25) is 0 Å². The van der Waals surface area contributed by atoms with Gasteiger partial charge in [-0.15, -0.1) is 11.8 Å². The predicted octanol–water partition coefficient (Wildman–Crippen LogP) is 4.58. The van der Waals surface area contributed by atoms with Crippen molar-refractivity contribution in [1.29, 1.82) is 0 Å². The Labute approximate surface area is 122 Å². The molecule has 0 aliphatic carbocycles. The molecule has 0 radical (unpaired) electrons. The molecular formula is C14H10BrFO2S. The molecule has 2 aromatic carbocycles. The van der Waals surface area contributed by atoms with Gasteiger partial charge in [-0.2, -0.15) is 0 Å². The van der Waals surface area contributed by atoms with Gasteiger partial charge in [-0.25, -0.2) is 9.18 Å². The summed E-state index contributed by atoms with van der Waals surface area (Å²) in [4.78, 5) is 11.7. The summed E-state index contributed by atoms with van der Waals surface area (Å²) < 4.78 is 14.0. The van der Waals surface area contributed by atoms with E-state index in [1.807, 2.05) is 0 Å². The fraction of sp³-hybridized carbons (Fsp3) is 0.0714. The second kappa shape index (κ2) is 6.21. The minimum atomic E-state index is -0.940. The maximum atomic E-state index is 13.1. The molecule has 0 aromatic heterocycles. The van der Waals surface area contributed by atoms with Crippen LogP contribution in [0.25, 0.3) is 0 Å². The molecule has 0 unspecified atom stereocenters. The van der Waals surface area contributed by atoms with Crippen LogP contribution in [0.5, 0.6) is 0 Å². The maximum absolute atomic E-state index is 13.1. The molecule has 0 spiro atoms. The minimum Gasteiger partial charge on any atom is -0.478 e. The van der Waals surface area contributed by atoms with Gasteiger partial charge in [0.1, 0.15) is 5.82 Å². The van der Waals surface area contributed by atoms with Crippen molar-refractivity contribution in [3.8, 4) is 0 Å². The van der Waals surface area contributed by atoms with Crippen LogP contribution in [0.15, 0.2) is 51.8 Å². The van der Waals surface area contributed by atoms with Crippen molar-refractivity contribution in [3.05, 3.63) is 63.9 Å². The van der Waals surface area contributed by atoms with Crippen molar-refractivity contribution in [2.24, 2.45) is 0 Å². The summed E-state index contributed by atoms with van der Waals surface area (Å²) in [6, 6.07) is 11.2. The van der Waals surface area contributed by atoms with Gasteiger partial charge in [0, 0.05) is 15.1 Å². The van der Waals surface area contributed by atoms with Gasteiger partial charge in [0.05, 0.1) is 5.56 Å². The summed E-state index contributed by atoms with van der Waals surface area (Å²) >= 11 is 4.90. The number of thioether (sulfide) groups is 1. The molecule has 2 nitrogen and oxygen atoms in total. The summed E-state index contributed by atoms with van der Waals surface area (Å²) in [7, 11) is 0. The van der Waals surface area contributed by atoms with E-state index >= 15 is 0 Å². The SMILES string of the molecule is O=C(O)c1ccc(SCc2cc(F)ccc2Br)cc1. The van der Waals surface area contributed by atoms with Gasteiger partial charge in [-0.1, -0.05) is 15.9 Å². The third-order valence-corrected chi connectivity index (χ3v) is 4.34. The van der Waals surface area contributed by atoms with Gasteiger partial charge < -0.3 is 5.11 Å². The second-order valence-corrected chi connectivity index (χ2v) is 5.76. The number of carbonyl (C=O) groups is 1. The highest BCUT2D eigenvalue weighted by Gasteiger charge is 2.05. The normalized spacial score (nSPS) is 10.4. The third-order valence-electron chi connectivity index (χ3n) is 2.50.